The minimum atomic E-state index is -0.334. The van der Waals surface area contributed by atoms with Crippen molar-refractivity contribution in [3.8, 4) is 11.5 Å². The zero-order chi connectivity index (χ0) is 17.1. The van der Waals surface area contributed by atoms with Crippen molar-refractivity contribution in [1.82, 2.24) is 5.32 Å². The van der Waals surface area contributed by atoms with Crippen LogP contribution in [0.5, 0.6) is 11.5 Å². The first-order valence-electron chi connectivity index (χ1n) is 8.28. The van der Waals surface area contributed by atoms with Gasteiger partial charge in [0.15, 0.2) is 11.5 Å². The lowest BCUT2D eigenvalue weighted by Crippen LogP contribution is -2.35. The maximum absolute atomic E-state index is 12.3. The van der Waals surface area contributed by atoms with Crippen molar-refractivity contribution in [2.45, 2.75) is 25.8 Å². The van der Waals surface area contributed by atoms with Crippen LogP contribution in [0.2, 0.25) is 0 Å². The Hall–Kier alpha value is -2.28. The van der Waals surface area contributed by atoms with Gasteiger partial charge in [0.05, 0.1) is 5.92 Å². The molecule has 1 fully saturated rings. The minimum absolute atomic E-state index is 0.0460. The number of carbonyl (C=O) groups excluding carboxylic acids is 2. The fourth-order valence-corrected chi connectivity index (χ4v) is 2.90. The fraction of sp³-hybridized carbons (Fsp3) is 0.529. The predicted octanol–water partition coefficient (Wildman–Crippen LogP) is 0.664. The van der Waals surface area contributed by atoms with Crippen LogP contribution in [0.3, 0.4) is 0 Å². The molecule has 7 heteroatoms. The number of amides is 2. The van der Waals surface area contributed by atoms with Crippen LogP contribution in [-0.2, 0) is 9.59 Å². The summed E-state index contributed by atoms with van der Waals surface area (Å²) in [6, 6.07) is 5.46. The Labute approximate surface area is 141 Å². The van der Waals surface area contributed by atoms with Crippen molar-refractivity contribution in [1.29, 1.82) is 0 Å². The minimum Gasteiger partial charge on any atom is -0.486 e. The van der Waals surface area contributed by atoms with E-state index in [9.17, 15) is 9.59 Å². The molecule has 1 aromatic carbocycles. The SMILES string of the molecule is CC(N)CCNC(=O)C1CC(=O)N(c2ccc3c(c2)OCCO3)C1. The molecule has 0 aliphatic carbocycles. The number of rotatable bonds is 5. The fourth-order valence-electron chi connectivity index (χ4n) is 2.90. The van der Waals surface area contributed by atoms with Crippen LogP contribution in [0.25, 0.3) is 0 Å². The van der Waals surface area contributed by atoms with E-state index in [0.29, 0.717) is 37.8 Å². The third-order valence-corrected chi connectivity index (χ3v) is 4.23. The number of hydrogen-bond donors (Lipinski definition) is 2. The maximum Gasteiger partial charge on any atom is 0.227 e. The molecule has 1 aromatic rings. The van der Waals surface area contributed by atoms with Crippen molar-refractivity contribution in [2.24, 2.45) is 11.7 Å². The topological polar surface area (TPSA) is 93.9 Å². The van der Waals surface area contributed by atoms with E-state index in [4.69, 9.17) is 15.2 Å². The van der Waals surface area contributed by atoms with Gasteiger partial charge in [0.1, 0.15) is 13.2 Å². The summed E-state index contributed by atoms with van der Waals surface area (Å²) >= 11 is 0. The molecule has 3 N–H and O–H groups in total. The van der Waals surface area contributed by atoms with E-state index in [2.05, 4.69) is 5.32 Å². The number of fused-ring (bicyclic) bond motifs is 1. The quantitative estimate of drug-likeness (QED) is 0.826. The van der Waals surface area contributed by atoms with E-state index in [1.165, 1.54) is 0 Å². The number of benzene rings is 1. The number of nitrogens with two attached hydrogens (primary N) is 1. The molecule has 2 unspecified atom stereocenters. The first-order valence-corrected chi connectivity index (χ1v) is 8.28. The average Bonchev–Trinajstić information content (AvgIpc) is 2.96. The maximum atomic E-state index is 12.3. The van der Waals surface area contributed by atoms with E-state index in [1.54, 1.807) is 17.0 Å². The van der Waals surface area contributed by atoms with Crippen LogP contribution < -0.4 is 25.4 Å². The van der Waals surface area contributed by atoms with Crippen LogP contribution in [0.4, 0.5) is 5.69 Å². The van der Waals surface area contributed by atoms with Gasteiger partial charge in [-0.2, -0.15) is 0 Å². The van der Waals surface area contributed by atoms with Gasteiger partial charge in [-0.25, -0.2) is 0 Å². The molecule has 2 aliphatic rings. The van der Waals surface area contributed by atoms with Gasteiger partial charge < -0.3 is 25.4 Å². The molecular formula is C17H23N3O4. The van der Waals surface area contributed by atoms with Crippen LogP contribution in [0, 0.1) is 5.92 Å². The summed E-state index contributed by atoms with van der Waals surface area (Å²) in [5.74, 6) is 0.833. The molecule has 2 atom stereocenters. The van der Waals surface area contributed by atoms with Crippen LogP contribution in [-0.4, -0.2) is 44.2 Å². The summed E-state index contributed by atoms with van der Waals surface area (Å²) < 4.78 is 11.0. The Morgan fingerprint density at radius 1 is 1.38 bits per heavy atom. The monoisotopic (exact) mass is 333 g/mol. The number of hydrogen-bond acceptors (Lipinski definition) is 5. The van der Waals surface area contributed by atoms with Crippen molar-refractivity contribution in [3.05, 3.63) is 18.2 Å². The predicted molar refractivity (Wildman–Crippen MR) is 89.2 cm³/mol. The third-order valence-electron chi connectivity index (χ3n) is 4.23. The van der Waals surface area contributed by atoms with E-state index in [0.717, 1.165) is 12.1 Å². The van der Waals surface area contributed by atoms with Gasteiger partial charge in [-0.05, 0) is 25.5 Å². The number of carbonyl (C=O) groups is 2. The van der Waals surface area contributed by atoms with E-state index < -0.39 is 0 Å². The number of ether oxygens (including phenoxy) is 2. The Morgan fingerprint density at radius 2 is 2.12 bits per heavy atom. The van der Waals surface area contributed by atoms with Gasteiger partial charge in [-0.3, -0.25) is 9.59 Å². The Kier molecular flexibility index (Phi) is 4.89. The number of nitrogens with zero attached hydrogens (tertiary/aromatic N) is 1. The average molecular weight is 333 g/mol. The van der Waals surface area contributed by atoms with Crippen LogP contribution in [0.1, 0.15) is 19.8 Å². The Balaban J connectivity index is 1.63. The normalized spacial score (nSPS) is 20.8. The first-order chi connectivity index (χ1) is 11.5. The molecule has 2 aliphatic heterocycles. The molecule has 7 nitrogen and oxygen atoms in total. The molecule has 0 saturated carbocycles. The smallest absolute Gasteiger partial charge is 0.227 e. The van der Waals surface area contributed by atoms with E-state index in [-0.39, 0.29) is 30.2 Å². The molecule has 1 saturated heterocycles. The molecule has 0 bridgehead atoms. The highest BCUT2D eigenvalue weighted by Gasteiger charge is 2.35. The second kappa shape index (κ2) is 7.09. The van der Waals surface area contributed by atoms with Crippen molar-refractivity contribution in [3.63, 3.8) is 0 Å². The lowest BCUT2D eigenvalue weighted by atomic mass is 10.1. The summed E-state index contributed by atoms with van der Waals surface area (Å²) in [7, 11) is 0. The third kappa shape index (κ3) is 3.62. The largest absolute Gasteiger partial charge is 0.486 e. The highest BCUT2D eigenvalue weighted by atomic mass is 16.6. The lowest BCUT2D eigenvalue weighted by Gasteiger charge is -2.22. The van der Waals surface area contributed by atoms with Gasteiger partial charge in [0.2, 0.25) is 11.8 Å². The standard InChI is InChI=1S/C17H23N3O4/c1-11(18)4-5-19-17(22)12-8-16(21)20(10-12)13-2-3-14-15(9-13)24-7-6-23-14/h2-3,9,11-12H,4-8,10,18H2,1H3,(H,19,22). The molecular weight excluding hydrogens is 310 g/mol. The van der Waals surface area contributed by atoms with E-state index >= 15 is 0 Å². The summed E-state index contributed by atoms with van der Waals surface area (Å²) in [6.45, 7) is 3.83. The first kappa shape index (κ1) is 16.6. The lowest BCUT2D eigenvalue weighted by molar-refractivity contribution is -0.126. The molecule has 2 amide bonds. The number of nitrogens with one attached hydrogen (secondary N) is 1. The zero-order valence-corrected chi connectivity index (χ0v) is 13.8. The van der Waals surface area contributed by atoms with Gasteiger partial charge in [-0.15, -0.1) is 0 Å². The molecule has 0 spiro atoms. The van der Waals surface area contributed by atoms with Crippen molar-refractivity contribution in [2.75, 3.05) is 31.2 Å². The van der Waals surface area contributed by atoms with Gasteiger partial charge in [-0.1, -0.05) is 0 Å². The van der Waals surface area contributed by atoms with Gasteiger partial charge in [0, 0.05) is 37.3 Å². The van der Waals surface area contributed by atoms with E-state index in [1.807, 2.05) is 13.0 Å². The summed E-state index contributed by atoms with van der Waals surface area (Å²) in [5.41, 5.74) is 6.40. The van der Waals surface area contributed by atoms with Crippen LogP contribution in [0.15, 0.2) is 18.2 Å². The number of anilines is 1. The molecule has 130 valence electrons. The molecule has 2 heterocycles. The van der Waals surface area contributed by atoms with Crippen LogP contribution >= 0.6 is 0 Å². The van der Waals surface area contributed by atoms with Crippen molar-refractivity contribution < 1.29 is 19.1 Å². The van der Waals surface area contributed by atoms with Gasteiger partial charge in [0.25, 0.3) is 0 Å². The van der Waals surface area contributed by atoms with Gasteiger partial charge >= 0.3 is 0 Å². The highest BCUT2D eigenvalue weighted by Crippen LogP contribution is 2.35. The molecule has 0 radical (unpaired) electrons. The highest BCUT2D eigenvalue weighted by molar-refractivity contribution is 6.00. The molecule has 3 rings (SSSR count). The second-order valence-electron chi connectivity index (χ2n) is 6.29. The zero-order valence-electron chi connectivity index (χ0n) is 13.8. The molecule has 0 aromatic heterocycles. The summed E-state index contributed by atoms with van der Waals surface area (Å²) in [6.07, 6.45) is 0.941. The molecule has 24 heavy (non-hydrogen) atoms. The summed E-state index contributed by atoms with van der Waals surface area (Å²) in [5, 5.41) is 2.86. The Bertz CT molecular complexity index is 632. The Morgan fingerprint density at radius 3 is 2.88 bits per heavy atom. The van der Waals surface area contributed by atoms with Crippen molar-refractivity contribution >= 4 is 17.5 Å². The second-order valence-corrected chi connectivity index (χ2v) is 6.29. The summed E-state index contributed by atoms with van der Waals surface area (Å²) in [4.78, 5) is 26.1.